The number of nitrogen functional groups attached to an aromatic ring is 1. The van der Waals surface area contributed by atoms with Crippen molar-refractivity contribution in [3.05, 3.63) is 98.0 Å². The van der Waals surface area contributed by atoms with Crippen molar-refractivity contribution in [1.82, 2.24) is 14.7 Å². The van der Waals surface area contributed by atoms with E-state index in [0.29, 0.717) is 29.3 Å². The van der Waals surface area contributed by atoms with Gasteiger partial charge in [-0.15, -0.1) is 0 Å². The Balaban J connectivity index is 1.78. The number of halogens is 2. The number of amides is 1. The highest BCUT2D eigenvalue weighted by Gasteiger charge is 2.24. The van der Waals surface area contributed by atoms with Crippen molar-refractivity contribution in [3.63, 3.8) is 0 Å². The van der Waals surface area contributed by atoms with Crippen molar-refractivity contribution >= 4 is 44.3 Å². The number of sulfonamides is 1. The summed E-state index contributed by atoms with van der Waals surface area (Å²) < 4.78 is 49.3. The van der Waals surface area contributed by atoms with Crippen molar-refractivity contribution in [2.24, 2.45) is 5.92 Å². The molecule has 8 nitrogen and oxygen atoms in total. The van der Waals surface area contributed by atoms with Gasteiger partial charge in [-0.25, -0.2) is 14.1 Å². The summed E-state index contributed by atoms with van der Waals surface area (Å²) in [6, 6.07) is 15.5. The maximum Gasteiger partial charge on any atom is 0.281 e. The molecule has 0 saturated heterocycles. The van der Waals surface area contributed by atoms with Crippen LogP contribution in [0.5, 0.6) is 5.75 Å². The minimum atomic E-state index is -4.31. The minimum absolute atomic E-state index is 0.00327. The molecule has 41 heavy (non-hydrogen) atoms. The standard InChI is InChI=1S/C30H30FIN4O4S/c1-17(2)16-40-23-13-20(12-21(31)14-23)26-9-8-24(27(34-26)15-25-18(3)10-22(32)11-19(25)4)30(37)36-41(38,39)29-7-5-6-28(33)35-29/h5-14,17H,15-16H2,1-4H3,(H2,33,35)(H,36,37). The number of aryl methyl sites for hydroxylation is 2. The first kappa shape index (κ1) is 30.4. The molecule has 0 atom stereocenters. The van der Waals surface area contributed by atoms with Gasteiger partial charge < -0.3 is 10.5 Å². The molecule has 0 unspecified atom stereocenters. The van der Waals surface area contributed by atoms with Crippen molar-refractivity contribution in [1.29, 1.82) is 0 Å². The van der Waals surface area contributed by atoms with Crippen LogP contribution >= 0.6 is 22.6 Å². The Kier molecular flexibility index (Phi) is 9.27. The molecule has 2 aromatic carbocycles. The number of nitrogens with one attached hydrogen (secondary N) is 1. The quantitative estimate of drug-likeness (QED) is 0.212. The van der Waals surface area contributed by atoms with Crippen molar-refractivity contribution in [3.8, 4) is 17.0 Å². The third kappa shape index (κ3) is 7.59. The third-order valence-corrected chi connectivity index (χ3v) is 8.08. The number of hydrogen-bond acceptors (Lipinski definition) is 7. The minimum Gasteiger partial charge on any atom is -0.493 e. The van der Waals surface area contributed by atoms with Gasteiger partial charge in [0.15, 0.2) is 5.03 Å². The third-order valence-electron chi connectivity index (χ3n) is 6.22. The van der Waals surface area contributed by atoms with Gasteiger partial charge in [0.25, 0.3) is 15.9 Å². The van der Waals surface area contributed by atoms with Gasteiger partial charge in [0.1, 0.15) is 17.4 Å². The lowest BCUT2D eigenvalue weighted by Crippen LogP contribution is -2.32. The number of hydrogen-bond donors (Lipinski definition) is 2. The molecule has 0 aliphatic heterocycles. The van der Waals surface area contributed by atoms with Gasteiger partial charge in [0.2, 0.25) is 0 Å². The molecule has 0 bridgehead atoms. The van der Waals surface area contributed by atoms with Crippen LogP contribution in [0.3, 0.4) is 0 Å². The molecule has 0 saturated carbocycles. The number of nitrogens with zero attached hydrogens (tertiary/aromatic N) is 2. The molecule has 11 heteroatoms. The first-order chi connectivity index (χ1) is 19.3. The van der Waals surface area contributed by atoms with Crippen LogP contribution in [0.15, 0.2) is 65.7 Å². The maximum absolute atomic E-state index is 14.6. The number of nitrogens with two attached hydrogens (primary N) is 1. The number of pyridine rings is 2. The Hall–Kier alpha value is -3.58. The number of carbonyl (C=O) groups excluding carboxylic acids is 1. The number of rotatable bonds is 9. The Morgan fingerprint density at radius 3 is 2.41 bits per heavy atom. The molecule has 0 spiro atoms. The molecule has 1 amide bonds. The van der Waals surface area contributed by atoms with Gasteiger partial charge in [-0.3, -0.25) is 9.78 Å². The molecule has 4 rings (SSSR count). The van der Waals surface area contributed by atoms with E-state index < -0.39 is 21.7 Å². The van der Waals surface area contributed by atoms with E-state index >= 15 is 0 Å². The summed E-state index contributed by atoms with van der Waals surface area (Å²) in [4.78, 5) is 22.0. The Morgan fingerprint density at radius 1 is 1.05 bits per heavy atom. The van der Waals surface area contributed by atoms with Gasteiger partial charge in [-0.2, -0.15) is 8.42 Å². The SMILES string of the molecule is Cc1cc(I)cc(C)c1Cc1nc(-c2cc(F)cc(OCC(C)C)c2)ccc1C(=O)NS(=O)(=O)c1cccc(N)n1. The van der Waals surface area contributed by atoms with E-state index in [-0.39, 0.29) is 28.7 Å². The van der Waals surface area contributed by atoms with E-state index in [2.05, 4.69) is 32.3 Å². The fraction of sp³-hybridized carbons (Fsp3) is 0.233. The summed E-state index contributed by atoms with van der Waals surface area (Å²) in [5, 5.41) is -0.380. The van der Waals surface area contributed by atoms with Crippen molar-refractivity contribution in [2.45, 2.75) is 39.1 Å². The van der Waals surface area contributed by atoms with Crippen molar-refractivity contribution in [2.75, 3.05) is 12.3 Å². The second-order valence-electron chi connectivity index (χ2n) is 10.1. The van der Waals surface area contributed by atoms with Crippen LogP contribution in [0.25, 0.3) is 11.3 Å². The molecular formula is C30H30FIN4O4S. The Labute approximate surface area is 252 Å². The zero-order chi connectivity index (χ0) is 29.9. The van der Waals surface area contributed by atoms with E-state index in [1.807, 2.05) is 39.8 Å². The fourth-order valence-corrected chi connectivity index (χ4v) is 6.13. The highest BCUT2D eigenvalue weighted by molar-refractivity contribution is 14.1. The highest BCUT2D eigenvalue weighted by Crippen LogP contribution is 2.28. The van der Waals surface area contributed by atoms with E-state index in [0.717, 1.165) is 20.3 Å². The lowest BCUT2D eigenvalue weighted by atomic mass is 9.96. The number of ether oxygens (including phenoxy) is 1. The van der Waals surface area contributed by atoms with Crippen LogP contribution in [0.2, 0.25) is 0 Å². The number of anilines is 1. The monoisotopic (exact) mass is 688 g/mol. The van der Waals surface area contributed by atoms with E-state index in [9.17, 15) is 17.6 Å². The van der Waals surface area contributed by atoms with Crippen LogP contribution in [0.1, 0.15) is 46.6 Å². The van der Waals surface area contributed by atoms with E-state index in [1.165, 1.54) is 36.4 Å². The van der Waals surface area contributed by atoms with Gasteiger partial charge in [-0.05, 0) is 108 Å². The first-order valence-electron chi connectivity index (χ1n) is 12.8. The van der Waals surface area contributed by atoms with Crippen LogP contribution in [0, 0.1) is 29.2 Å². The van der Waals surface area contributed by atoms with Gasteiger partial charge in [0, 0.05) is 21.6 Å². The topological polar surface area (TPSA) is 124 Å². The Morgan fingerprint density at radius 2 is 1.76 bits per heavy atom. The van der Waals surface area contributed by atoms with Gasteiger partial charge in [0.05, 0.1) is 23.6 Å². The lowest BCUT2D eigenvalue weighted by molar-refractivity contribution is 0.0980. The molecule has 0 radical (unpaired) electrons. The van der Waals surface area contributed by atoms with E-state index in [1.54, 1.807) is 12.1 Å². The van der Waals surface area contributed by atoms with Crippen LogP contribution < -0.4 is 15.2 Å². The number of benzene rings is 2. The molecular weight excluding hydrogens is 658 g/mol. The largest absolute Gasteiger partial charge is 0.493 e. The molecule has 2 aromatic heterocycles. The van der Waals surface area contributed by atoms with E-state index in [4.69, 9.17) is 15.5 Å². The predicted octanol–water partition coefficient (Wildman–Crippen LogP) is 5.83. The smallest absolute Gasteiger partial charge is 0.281 e. The van der Waals surface area contributed by atoms with Gasteiger partial charge >= 0.3 is 0 Å². The summed E-state index contributed by atoms with van der Waals surface area (Å²) in [6.45, 7) is 8.34. The fourth-order valence-electron chi connectivity index (χ4n) is 4.26. The Bertz CT molecular complexity index is 1700. The normalized spacial score (nSPS) is 11.5. The molecule has 3 N–H and O–H groups in total. The van der Waals surface area contributed by atoms with Crippen LogP contribution in [0.4, 0.5) is 10.2 Å². The molecule has 0 aliphatic rings. The predicted molar refractivity (Wildman–Crippen MR) is 165 cm³/mol. The molecule has 0 fully saturated rings. The second kappa shape index (κ2) is 12.5. The average Bonchev–Trinajstić information content (AvgIpc) is 2.89. The zero-order valence-corrected chi connectivity index (χ0v) is 26.0. The second-order valence-corrected chi connectivity index (χ2v) is 13.0. The summed E-state index contributed by atoms with van der Waals surface area (Å²) in [6.07, 6.45) is 0.244. The summed E-state index contributed by atoms with van der Waals surface area (Å²) in [5.41, 5.74) is 9.85. The zero-order valence-electron chi connectivity index (χ0n) is 23.0. The maximum atomic E-state index is 14.6. The summed E-state index contributed by atoms with van der Waals surface area (Å²) in [7, 11) is -4.31. The van der Waals surface area contributed by atoms with Crippen molar-refractivity contribution < 1.29 is 22.3 Å². The molecule has 214 valence electrons. The first-order valence-corrected chi connectivity index (χ1v) is 15.4. The number of aromatic nitrogens is 2. The lowest BCUT2D eigenvalue weighted by Gasteiger charge is -2.16. The van der Waals surface area contributed by atoms with Crippen LogP contribution in [-0.2, 0) is 16.4 Å². The molecule has 0 aliphatic carbocycles. The van der Waals surface area contributed by atoms with Gasteiger partial charge in [-0.1, -0.05) is 19.9 Å². The average molecular weight is 689 g/mol. The molecule has 2 heterocycles. The molecule has 4 aromatic rings. The van der Waals surface area contributed by atoms with Crippen LogP contribution in [-0.4, -0.2) is 30.9 Å². The summed E-state index contributed by atoms with van der Waals surface area (Å²) in [5.74, 6) is -0.739. The number of carbonyl (C=O) groups is 1. The summed E-state index contributed by atoms with van der Waals surface area (Å²) >= 11 is 2.24. The highest BCUT2D eigenvalue weighted by atomic mass is 127.